The minimum absolute atomic E-state index is 0.0168. The molecular formula is C14H20ClFN2O2S. The van der Waals surface area contributed by atoms with E-state index in [2.05, 4.69) is 4.90 Å². The summed E-state index contributed by atoms with van der Waals surface area (Å²) in [5, 5.41) is 0. The summed E-state index contributed by atoms with van der Waals surface area (Å²) in [6, 6.07) is 3.91. The van der Waals surface area contributed by atoms with Crippen molar-refractivity contribution >= 4 is 21.6 Å². The van der Waals surface area contributed by atoms with Crippen LogP contribution in [0, 0.1) is 5.82 Å². The van der Waals surface area contributed by atoms with Crippen molar-refractivity contribution in [3.05, 3.63) is 29.6 Å². The van der Waals surface area contributed by atoms with Gasteiger partial charge >= 0.3 is 0 Å². The van der Waals surface area contributed by atoms with Crippen LogP contribution in [-0.4, -0.2) is 50.3 Å². The molecule has 1 aliphatic rings. The largest absolute Gasteiger partial charge is 0.301 e. The summed E-state index contributed by atoms with van der Waals surface area (Å²) < 4.78 is 40.4. The summed E-state index contributed by atoms with van der Waals surface area (Å²) in [5.74, 6) is -0.525. The molecule has 4 nitrogen and oxygen atoms in total. The Morgan fingerprint density at radius 3 is 2.71 bits per heavy atom. The van der Waals surface area contributed by atoms with E-state index in [0.717, 1.165) is 12.5 Å². The zero-order chi connectivity index (χ0) is 15.6. The second-order valence-corrected chi connectivity index (χ2v) is 7.47. The molecule has 7 heteroatoms. The number of benzene rings is 1. The Bertz CT molecular complexity index is 609. The third-order valence-corrected chi connectivity index (χ3v) is 6.24. The van der Waals surface area contributed by atoms with Crippen molar-refractivity contribution in [3.8, 4) is 0 Å². The molecule has 21 heavy (non-hydrogen) atoms. The first-order valence-electron chi connectivity index (χ1n) is 6.95. The summed E-state index contributed by atoms with van der Waals surface area (Å²) in [6.07, 6.45) is 0.869. The second kappa shape index (κ2) is 6.60. The predicted octanol–water partition coefficient (Wildman–Crippen LogP) is 2.28. The second-order valence-electron chi connectivity index (χ2n) is 5.29. The SMILES string of the molecule is CCC1CN(S(=O)(=O)c2cc(F)ccc2CCl)CCN1C. The maximum Gasteiger partial charge on any atom is 0.243 e. The fourth-order valence-corrected chi connectivity index (χ4v) is 4.61. The highest BCUT2D eigenvalue weighted by Crippen LogP contribution is 2.25. The van der Waals surface area contributed by atoms with E-state index in [0.29, 0.717) is 25.2 Å². The van der Waals surface area contributed by atoms with E-state index in [-0.39, 0.29) is 16.8 Å². The van der Waals surface area contributed by atoms with Gasteiger partial charge in [-0.05, 0) is 31.2 Å². The minimum atomic E-state index is -3.71. The predicted molar refractivity (Wildman–Crippen MR) is 81.4 cm³/mol. The summed E-state index contributed by atoms with van der Waals surface area (Å²) in [4.78, 5) is 2.14. The Hall–Kier alpha value is -0.690. The Balaban J connectivity index is 2.36. The molecule has 1 saturated heterocycles. The molecule has 118 valence electrons. The van der Waals surface area contributed by atoms with Crippen LogP contribution in [0.3, 0.4) is 0 Å². The molecule has 1 aromatic carbocycles. The average Bonchev–Trinajstić information content (AvgIpc) is 2.47. The van der Waals surface area contributed by atoms with Crippen molar-refractivity contribution in [1.29, 1.82) is 0 Å². The van der Waals surface area contributed by atoms with Crippen molar-refractivity contribution in [2.75, 3.05) is 26.7 Å². The van der Waals surface area contributed by atoms with Crippen LogP contribution in [0.15, 0.2) is 23.1 Å². The van der Waals surface area contributed by atoms with Crippen molar-refractivity contribution in [2.24, 2.45) is 0 Å². The summed E-state index contributed by atoms with van der Waals surface area (Å²) in [5.41, 5.74) is 0.435. The number of hydrogen-bond acceptors (Lipinski definition) is 3. The van der Waals surface area contributed by atoms with E-state index in [1.807, 2.05) is 14.0 Å². The number of hydrogen-bond donors (Lipinski definition) is 0. The molecule has 0 N–H and O–H groups in total. The Labute approximate surface area is 130 Å². The molecule has 0 saturated carbocycles. The van der Waals surface area contributed by atoms with E-state index in [1.165, 1.54) is 16.4 Å². The summed E-state index contributed by atoms with van der Waals surface area (Å²) in [7, 11) is -1.72. The van der Waals surface area contributed by atoms with Gasteiger partial charge in [0.1, 0.15) is 5.82 Å². The van der Waals surface area contributed by atoms with Crippen LogP contribution < -0.4 is 0 Å². The number of rotatable bonds is 4. The quantitative estimate of drug-likeness (QED) is 0.793. The first-order chi connectivity index (χ1) is 9.90. The van der Waals surface area contributed by atoms with Gasteiger partial charge in [-0.25, -0.2) is 12.8 Å². The van der Waals surface area contributed by atoms with Crippen molar-refractivity contribution in [3.63, 3.8) is 0 Å². The van der Waals surface area contributed by atoms with E-state index < -0.39 is 15.8 Å². The summed E-state index contributed by atoms with van der Waals surface area (Å²) >= 11 is 5.79. The number of likely N-dealkylation sites (N-methyl/N-ethyl adjacent to an activating group) is 1. The molecule has 1 aliphatic heterocycles. The fourth-order valence-electron chi connectivity index (χ4n) is 2.59. The molecule has 1 atom stereocenters. The zero-order valence-electron chi connectivity index (χ0n) is 12.2. The molecule has 0 aliphatic carbocycles. The maximum atomic E-state index is 13.5. The van der Waals surface area contributed by atoms with Crippen LogP contribution in [0.1, 0.15) is 18.9 Å². The number of nitrogens with zero attached hydrogens (tertiary/aromatic N) is 2. The maximum absolute atomic E-state index is 13.5. The molecule has 0 spiro atoms. The highest BCUT2D eigenvalue weighted by molar-refractivity contribution is 7.89. The normalized spacial score (nSPS) is 21.6. The van der Waals surface area contributed by atoms with Gasteiger partial charge in [0.05, 0.1) is 4.90 Å². The monoisotopic (exact) mass is 334 g/mol. The van der Waals surface area contributed by atoms with Gasteiger partial charge in [-0.1, -0.05) is 13.0 Å². The molecule has 1 unspecified atom stereocenters. The van der Waals surface area contributed by atoms with E-state index in [9.17, 15) is 12.8 Å². The topological polar surface area (TPSA) is 40.6 Å². The van der Waals surface area contributed by atoms with Gasteiger partial charge in [0.25, 0.3) is 0 Å². The molecule has 0 radical (unpaired) electrons. The number of alkyl halides is 1. The van der Waals surface area contributed by atoms with Crippen LogP contribution in [0.4, 0.5) is 4.39 Å². The van der Waals surface area contributed by atoms with E-state index in [4.69, 9.17) is 11.6 Å². The molecule has 0 bridgehead atoms. The van der Waals surface area contributed by atoms with E-state index in [1.54, 1.807) is 0 Å². The van der Waals surface area contributed by atoms with Gasteiger partial charge in [-0.2, -0.15) is 4.31 Å². The number of piperazine rings is 1. The van der Waals surface area contributed by atoms with Crippen LogP contribution >= 0.6 is 11.6 Å². The molecule has 2 rings (SSSR count). The summed E-state index contributed by atoms with van der Waals surface area (Å²) in [6.45, 7) is 3.54. The third kappa shape index (κ3) is 3.39. The number of sulfonamides is 1. The number of halogens is 2. The Morgan fingerprint density at radius 2 is 2.10 bits per heavy atom. The van der Waals surface area contributed by atoms with Crippen LogP contribution in [0.5, 0.6) is 0 Å². The van der Waals surface area contributed by atoms with Crippen LogP contribution in [0.25, 0.3) is 0 Å². The Morgan fingerprint density at radius 1 is 1.38 bits per heavy atom. The minimum Gasteiger partial charge on any atom is -0.301 e. The van der Waals surface area contributed by atoms with Crippen molar-refractivity contribution < 1.29 is 12.8 Å². The van der Waals surface area contributed by atoms with Crippen LogP contribution in [0.2, 0.25) is 0 Å². The average molecular weight is 335 g/mol. The first kappa shape index (κ1) is 16.7. The van der Waals surface area contributed by atoms with Gasteiger partial charge in [0.15, 0.2) is 0 Å². The fraction of sp³-hybridized carbons (Fsp3) is 0.571. The van der Waals surface area contributed by atoms with Gasteiger partial charge in [0.2, 0.25) is 10.0 Å². The zero-order valence-corrected chi connectivity index (χ0v) is 13.8. The standard InChI is InChI=1S/C14H20ClFN2O2S/c1-3-13-10-18(7-6-17(13)2)21(19,20)14-8-12(16)5-4-11(14)9-15/h4-5,8,13H,3,6-7,9-10H2,1-2H3. The van der Waals surface area contributed by atoms with Crippen molar-refractivity contribution in [2.45, 2.75) is 30.2 Å². The van der Waals surface area contributed by atoms with Gasteiger partial charge in [-0.3, -0.25) is 0 Å². The lowest BCUT2D eigenvalue weighted by Gasteiger charge is -2.38. The molecule has 0 aromatic heterocycles. The van der Waals surface area contributed by atoms with Gasteiger partial charge in [-0.15, -0.1) is 11.6 Å². The highest BCUT2D eigenvalue weighted by Gasteiger charge is 2.33. The lowest BCUT2D eigenvalue weighted by atomic mass is 10.1. The molecule has 0 amide bonds. The highest BCUT2D eigenvalue weighted by atomic mass is 35.5. The van der Waals surface area contributed by atoms with Crippen molar-refractivity contribution in [1.82, 2.24) is 9.21 Å². The molecule has 1 aromatic rings. The lowest BCUT2D eigenvalue weighted by Crippen LogP contribution is -2.52. The first-order valence-corrected chi connectivity index (χ1v) is 8.92. The molecule has 1 heterocycles. The van der Waals surface area contributed by atoms with Gasteiger partial charge < -0.3 is 4.90 Å². The van der Waals surface area contributed by atoms with E-state index >= 15 is 0 Å². The lowest BCUT2D eigenvalue weighted by molar-refractivity contribution is 0.144. The van der Waals surface area contributed by atoms with Gasteiger partial charge in [0, 0.05) is 31.6 Å². The molecule has 1 fully saturated rings. The van der Waals surface area contributed by atoms with Crippen LogP contribution in [-0.2, 0) is 15.9 Å². The smallest absolute Gasteiger partial charge is 0.243 e. The molecular weight excluding hydrogens is 315 g/mol. The third-order valence-electron chi connectivity index (χ3n) is 4.00. The Kier molecular flexibility index (Phi) is 5.24.